The zero-order valence-corrected chi connectivity index (χ0v) is 12.6. The first-order valence-corrected chi connectivity index (χ1v) is 7.21. The molecule has 3 heteroatoms. The molecule has 2 aromatic carbocycles. The maximum Gasteiger partial charge on any atom is 0.150 e. The molecule has 0 saturated heterocycles. The molecule has 0 bridgehead atoms. The second-order valence-electron chi connectivity index (χ2n) is 4.16. The van der Waals surface area contributed by atoms with Crippen LogP contribution in [0.2, 0.25) is 0 Å². The zero-order valence-electron chi connectivity index (χ0n) is 10.2. The first-order valence-electron chi connectivity index (χ1n) is 5.60. The summed E-state index contributed by atoms with van der Waals surface area (Å²) < 4.78 is 0.954. The minimum atomic E-state index is 0.686. The molecule has 0 fully saturated rings. The lowest BCUT2D eigenvalue weighted by atomic mass is 10.1. The standard InChI is InChI=1S/C15H13BrOS/c1-10-3-5-13(7-11(10)2)18-15-6-4-12(9-17)8-14(15)16/h3-9H,1-2H3. The lowest BCUT2D eigenvalue weighted by Crippen LogP contribution is -1.84. The van der Waals surface area contributed by atoms with Gasteiger partial charge in [-0.3, -0.25) is 4.79 Å². The SMILES string of the molecule is Cc1ccc(Sc2ccc(C=O)cc2Br)cc1C. The molecular weight excluding hydrogens is 308 g/mol. The number of hydrogen-bond acceptors (Lipinski definition) is 2. The van der Waals surface area contributed by atoms with E-state index in [1.54, 1.807) is 11.8 Å². The van der Waals surface area contributed by atoms with Crippen LogP contribution in [0.25, 0.3) is 0 Å². The van der Waals surface area contributed by atoms with Gasteiger partial charge in [-0.1, -0.05) is 23.9 Å². The number of aldehydes is 1. The summed E-state index contributed by atoms with van der Waals surface area (Å²) in [6.45, 7) is 4.22. The predicted octanol–water partition coefficient (Wildman–Crippen LogP) is 5.03. The van der Waals surface area contributed by atoms with E-state index in [1.807, 2.05) is 18.2 Å². The number of hydrogen-bond donors (Lipinski definition) is 0. The van der Waals surface area contributed by atoms with Crippen LogP contribution in [0, 0.1) is 13.8 Å². The fourth-order valence-electron chi connectivity index (χ4n) is 1.58. The van der Waals surface area contributed by atoms with Crippen LogP contribution in [0.15, 0.2) is 50.7 Å². The molecule has 92 valence electrons. The van der Waals surface area contributed by atoms with Gasteiger partial charge in [-0.25, -0.2) is 0 Å². The number of halogens is 1. The molecule has 0 amide bonds. The number of benzene rings is 2. The Hall–Kier alpha value is -1.06. The fourth-order valence-corrected chi connectivity index (χ4v) is 3.14. The molecule has 1 nitrogen and oxygen atoms in total. The largest absolute Gasteiger partial charge is 0.298 e. The van der Waals surface area contributed by atoms with Gasteiger partial charge in [0, 0.05) is 19.8 Å². The van der Waals surface area contributed by atoms with Crippen molar-refractivity contribution in [1.82, 2.24) is 0 Å². The van der Waals surface area contributed by atoms with Crippen LogP contribution >= 0.6 is 27.7 Å². The smallest absolute Gasteiger partial charge is 0.150 e. The van der Waals surface area contributed by atoms with Crippen molar-refractivity contribution in [3.05, 3.63) is 57.6 Å². The van der Waals surface area contributed by atoms with E-state index in [-0.39, 0.29) is 0 Å². The summed E-state index contributed by atoms with van der Waals surface area (Å²) in [5.74, 6) is 0. The van der Waals surface area contributed by atoms with Gasteiger partial charge in [0.2, 0.25) is 0 Å². The van der Waals surface area contributed by atoms with Crippen LogP contribution in [0.4, 0.5) is 0 Å². The van der Waals surface area contributed by atoms with E-state index in [9.17, 15) is 4.79 Å². The van der Waals surface area contributed by atoms with Crippen LogP contribution in [-0.2, 0) is 0 Å². The molecule has 2 aromatic rings. The molecular formula is C15H13BrOS. The lowest BCUT2D eigenvalue weighted by Gasteiger charge is -2.07. The van der Waals surface area contributed by atoms with Crippen molar-refractivity contribution in [3.63, 3.8) is 0 Å². The molecule has 0 radical (unpaired) electrons. The molecule has 0 N–H and O–H groups in total. The highest BCUT2D eigenvalue weighted by molar-refractivity contribution is 9.10. The Kier molecular flexibility index (Phi) is 4.25. The third-order valence-electron chi connectivity index (χ3n) is 2.80. The minimum Gasteiger partial charge on any atom is -0.298 e. The molecule has 0 heterocycles. The summed E-state index contributed by atoms with van der Waals surface area (Å²) in [6.07, 6.45) is 0.856. The van der Waals surface area contributed by atoms with E-state index in [4.69, 9.17) is 0 Å². The summed E-state index contributed by atoms with van der Waals surface area (Å²) >= 11 is 5.19. The van der Waals surface area contributed by atoms with Gasteiger partial charge in [-0.15, -0.1) is 0 Å². The molecule has 0 aromatic heterocycles. The minimum absolute atomic E-state index is 0.686. The molecule has 18 heavy (non-hydrogen) atoms. The predicted molar refractivity (Wildman–Crippen MR) is 79.6 cm³/mol. The molecule has 0 aliphatic heterocycles. The highest BCUT2D eigenvalue weighted by atomic mass is 79.9. The fraction of sp³-hybridized carbons (Fsp3) is 0.133. The van der Waals surface area contributed by atoms with Crippen molar-refractivity contribution < 1.29 is 4.79 Å². The Bertz CT molecular complexity index is 593. The Morgan fingerprint density at radius 1 is 1.06 bits per heavy atom. The van der Waals surface area contributed by atoms with Crippen LogP contribution < -0.4 is 0 Å². The van der Waals surface area contributed by atoms with Crippen LogP contribution in [0.1, 0.15) is 21.5 Å². The summed E-state index contributed by atoms with van der Waals surface area (Å²) in [6, 6.07) is 12.1. The quantitative estimate of drug-likeness (QED) is 0.738. The molecule has 0 atom stereocenters. The third kappa shape index (κ3) is 3.03. The van der Waals surface area contributed by atoms with Gasteiger partial charge in [-0.2, -0.15) is 0 Å². The Labute approximate surface area is 120 Å². The summed E-state index contributed by atoms with van der Waals surface area (Å²) in [5, 5.41) is 0. The van der Waals surface area contributed by atoms with Gasteiger partial charge in [-0.05, 0) is 65.2 Å². The van der Waals surface area contributed by atoms with Crippen molar-refractivity contribution in [3.8, 4) is 0 Å². The first kappa shape index (κ1) is 13.4. The molecule has 0 saturated carbocycles. The summed E-state index contributed by atoms with van der Waals surface area (Å²) in [7, 11) is 0. The van der Waals surface area contributed by atoms with Gasteiger partial charge < -0.3 is 0 Å². The Balaban J connectivity index is 2.28. The van der Waals surface area contributed by atoms with Crippen molar-refractivity contribution in [2.24, 2.45) is 0 Å². The maximum absolute atomic E-state index is 10.7. The van der Waals surface area contributed by atoms with E-state index in [0.717, 1.165) is 15.7 Å². The van der Waals surface area contributed by atoms with Crippen LogP contribution in [0.5, 0.6) is 0 Å². The lowest BCUT2D eigenvalue weighted by molar-refractivity contribution is 0.112. The topological polar surface area (TPSA) is 17.1 Å². The van der Waals surface area contributed by atoms with Crippen molar-refractivity contribution >= 4 is 34.0 Å². The number of carbonyl (C=O) groups is 1. The third-order valence-corrected chi connectivity index (χ3v) is 4.78. The second-order valence-corrected chi connectivity index (χ2v) is 6.13. The number of carbonyl (C=O) groups excluding carboxylic acids is 1. The van der Waals surface area contributed by atoms with E-state index in [1.165, 1.54) is 16.0 Å². The molecule has 0 aliphatic carbocycles. The van der Waals surface area contributed by atoms with Crippen LogP contribution in [-0.4, -0.2) is 6.29 Å². The van der Waals surface area contributed by atoms with E-state index < -0.39 is 0 Å². The maximum atomic E-state index is 10.7. The van der Waals surface area contributed by atoms with E-state index >= 15 is 0 Å². The highest BCUT2D eigenvalue weighted by Gasteiger charge is 2.04. The van der Waals surface area contributed by atoms with Crippen LogP contribution in [0.3, 0.4) is 0 Å². The van der Waals surface area contributed by atoms with Crippen molar-refractivity contribution in [2.45, 2.75) is 23.6 Å². The number of aryl methyl sites for hydroxylation is 2. The zero-order chi connectivity index (χ0) is 13.1. The number of rotatable bonds is 3. The second kappa shape index (κ2) is 5.72. The molecule has 0 spiro atoms. The normalized spacial score (nSPS) is 10.4. The van der Waals surface area contributed by atoms with Crippen molar-refractivity contribution in [2.75, 3.05) is 0 Å². The molecule has 2 rings (SSSR count). The Morgan fingerprint density at radius 3 is 2.44 bits per heavy atom. The van der Waals surface area contributed by atoms with E-state index in [0.29, 0.717) is 5.56 Å². The van der Waals surface area contributed by atoms with E-state index in [2.05, 4.69) is 48.0 Å². The molecule has 0 aliphatic rings. The molecule has 0 unspecified atom stereocenters. The monoisotopic (exact) mass is 320 g/mol. The van der Waals surface area contributed by atoms with Gasteiger partial charge in [0.1, 0.15) is 6.29 Å². The first-order chi connectivity index (χ1) is 8.60. The highest BCUT2D eigenvalue weighted by Crippen LogP contribution is 2.34. The summed E-state index contributed by atoms with van der Waals surface area (Å²) in [4.78, 5) is 13.0. The summed E-state index contributed by atoms with van der Waals surface area (Å²) in [5.41, 5.74) is 3.28. The van der Waals surface area contributed by atoms with Gasteiger partial charge in [0.25, 0.3) is 0 Å². The Morgan fingerprint density at radius 2 is 1.83 bits per heavy atom. The van der Waals surface area contributed by atoms with Gasteiger partial charge in [0.05, 0.1) is 0 Å². The van der Waals surface area contributed by atoms with Gasteiger partial charge in [0.15, 0.2) is 0 Å². The average molecular weight is 321 g/mol. The average Bonchev–Trinajstić information content (AvgIpc) is 2.36. The van der Waals surface area contributed by atoms with Gasteiger partial charge >= 0.3 is 0 Å². The van der Waals surface area contributed by atoms with Crippen molar-refractivity contribution in [1.29, 1.82) is 0 Å².